The van der Waals surface area contributed by atoms with Crippen LogP contribution >= 0.6 is 0 Å². The fraction of sp³-hybridized carbons (Fsp3) is 0.833. The van der Waals surface area contributed by atoms with E-state index in [4.69, 9.17) is 0 Å². The molecule has 0 unspecified atom stereocenters. The number of rotatable bonds is 2. The number of amides is 1. The molecule has 0 bridgehead atoms. The van der Waals surface area contributed by atoms with E-state index in [-0.39, 0.29) is 11.4 Å². The van der Waals surface area contributed by atoms with Gasteiger partial charge < -0.3 is 5.32 Å². The van der Waals surface area contributed by atoms with E-state index in [1.807, 2.05) is 0 Å². The summed E-state index contributed by atoms with van der Waals surface area (Å²) in [5.41, 5.74) is -0.720. The summed E-state index contributed by atoms with van der Waals surface area (Å²) < 4.78 is 0. The molecule has 2 saturated carbocycles. The first-order valence-corrected chi connectivity index (χ1v) is 5.84. The molecule has 2 rings (SSSR count). The van der Waals surface area contributed by atoms with Crippen molar-refractivity contribution in [3.8, 4) is 6.07 Å². The highest BCUT2D eigenvalue weighted by Crippen LogP contribution is 2.39. The number of nitrogens with zero attached hydrogens (tertiary/aromatic N) is 1. The number of nitrogens with one attached hydrogen (secondary N) is 1. The molecule has 3 heteroatoms. The van der Waals surface area contributed by atoms with Gasteiger partial charge >= 0.3 is 0 Å². The molecule has 2 fully saturated rings. The van der Waals surface area contributed by atoms with E-state index in [9.17, 15) is 10.1 Å². The largest absolute Gasteiger partial charge is 0.350 e. The molecule has 0 aromatic carbocycles. The first-order valence-electron chi connectivity index (χ1n) is 5.84. The van der Waals surface area contributed by atoms with E-state index in [2.05, 4.69) is 18.3 Å². The summed E-state index contributed by atoms with van der Waals surface area (Å²) >= 11 is 0. The predicted molar refractivity (Wildman–Crippen MR) is 56.9 cm³/mol. The molecule has 0 atom stereocenters. The maximum atomic E-state index is 12.1. The lowest BCUT2D eigenvalue weighted by atomic mass is 9.74. The second-order valence-electron chi connectivity index (χ2n) is 5.27. The minimum Gasteiger partial charge on any atom is -0.350 e. The smallest absolute Gasteiger partial charge is 0.240 e. The van der Waals surface area contributed by atoms with Crippen LogP contribution in [-0.2, 0) is 4.79 Å². The zero-order valence-corrected chi connectivity index (χ0v) is 9.31. The maximum Gasteiger partial charge on any atom is 0.240 e. The van der Waals surface area contributed by atoms with Crippen molar-refractivity contribution in [2.24, 2.45) is 5.41 Å². The second-order valence-corrected chi connectivity index (χ2v) is 5.27. The Labute approximate surface area is 90.8 Å². The Morgan fingerprint density at radius 1 is 1.20 bits per heavy atom. The van der Waals surface area contributed by atoms with Gasteiger partial charge in [0.15, 0.2) is 0 Å². The van der Waals surface area contributed by atoms with Gasteiger partial charge in [0.1, 0.15) is 5.41 Å². The van der Waals surface area contributed by atoms with Crippen molar-refractivity contribution in [3.05, 3.63) is 0 Å². The number of hydrogen-bond donors (Lipinski definition) is 1. The Morgan fingerprint density at radius 2 is 1.80 bits per heavy atom. The summed E-state index contributed by atoms with van der Waals surface area (Å²) in [6.45, 7) is 2.05. The average molecular weight is 206 g/mol. The van der Waals surface area contributed by atoms with Crippen LogP contribution < -0.4 is 5.32 Å². The predicted octanol–water partition coefficient (Wildman–Crippen LogP) is 2.13. The van der Waals surface area contributed by atoms with Crippen LogP contribution in [0.2, 0.25) is 0 Å². The van der Waals surface area contributed by atoms with Crippen molar-refractivity contribution in [1.82, 2.24) is 5.32 Å². The van der Waals surface area contributed by atoms with E-state index in [0.717, 1.165) is 44.9 Å². The van der Waals surface area contributed by atoms with Crippen LogP contribution in [0.1, 0.15) is 51.9 Å². The summed E-state index contributed by atoms with van der Waals surface area (Å²) in [5, 5.41) is 12.2. The van der Waals surface area contributed by atoms with Gasteiger partial charge in [-0.05, 0) is 32.6 Å². The number of nitriles is 1. The van der Waals surface area contributed by atoms with Gasteiger partial charge in [-0.3, -0.25) is 4.79 Å². The van der Waals surface area contributed by atoms with Gasteiger partial charge in [0.2, 0.25) is 5.91 Å². The SMILES string of the molecule is CC1(NC(=O)C2(C#N)CCCCC2)CC1. The van der Waals surface area contributed by atoms with E-state index in [0.29, 0.717) is 0 Å². The van der Waals surface area contributed by atoms with Gasteiger partial charge in [-0.1, -0.05) is 19.3 Å². The third-order valence-electron chi connectivity index (χ3n) is 3.77. The molecule has 2 aliphatic rings. The topological polar surface area (TPSA) is 52.9 Å². The van der Waals surface area contributed by atoms with Crippen LogP contribution in [0, 0.1) is 16.7 Å². The Bertz CT molecular complexity index is 306. The van der Waals surface area contributed by atoms with E-state index in [1.165, 1.54) is 0 Å². The number of carbonyl (C=O) groups excluding carboxylic acids is 1. The van der Waals surface area contributed by atoms with Crippen molar-refractivity contribution in [2.45, 2.75) is 57.4 Å². The van der Waals surface area contributed by atoms with Crippen LogP contribution in [0.5, 0.6) is 0 Å². The Kier molecular flexibility index (Phi) is 2.46. The monoisotopic (exact) mass is 206 g/mol. The molecule has 0 aromatic rings. The standard InChI is InChI=1S/C12H18N2O/c1-11(7-8-11)14-10(15)12(9-13)5-3-2-4-6-12/h2-8H2,1H3,(H,14,15). The van der Waals surface area contributed by atoms with E-state index >= 15 is 0 Å². The van der Waals surface area contributed by atoms with E-state index in [1.54, 1.807) is 0 Å². The van der Waals surface area contributed by atoms with Crippen LogP contribution in [0.3, 0.4) is 0 Å². The zero-order valence-electron chi connectivity index (χ0n) is 9.31. The lowest BCUT2D eigenvalue weighted by Crippen LogP contribution is -2.46. The molecule has 0 heterocycles. The zero-order chi connectivity index (χ0) is 10.9. The molecule has 0 aromatic heterocycles. The molecule has 0 radical (unpaired) electrons. The van der Waals surface area contributed by atoms with Crippen molar-refractivity contribution in [3.63, 3.8) is 0 Å². The number of hydrogen-bond acceptors (Lipinski definition) is 2. The minimum absolute atomic E-state index is 0.00161. The molecule has 1 N–H and O–H groups in total. The van der Waals surface area contributed by atoms with Crippen LogP contribution in [0.4, 0.5) is 0 Å². The molecule has 2 aliphatic carbocycles. The maximum absolute atomic E-state index is 12.1. The van der Waals surface area contributed by atoms with Gasteiger partial charge in [0, 0.05) is 5.54 Å². The number of carbonyl (C=O) groups is 1. The summed E-state index contributed by atoms with van der Waals surface area (Å²) in [6, 6.07) is 2.26. The first-order chi connectivity index (χ1) is 7.10. The van der Waals surface area contributed by atoms with Crippen LogP contribution in [-0.4, -0.2) is 11.4 Å². The molecule has 3 nitrogen and oxygen atoms in total. The van der Waals surface area contributed by atoms with Gasteiger partial charge in [-0.2, -0.15) is 5.26 Å². The third kappa shape index (κ3) is 1.99. The second kappa shape index (κ2) is 3.52. The highest BCUT2D eigenvalue weighted by Gasteiger charge is 2.46. The van der Waals surface area contributed by atoms with E-state index < -0.39 is 5.41 Å². The molecular weight excluding hydrogens is 188 g/mol. The molecular formula is C12H18N2O. The van der Waals surface area contributed by atoms with Gasteiger partial charge in [0.05, 0.1) is 6.07 Å². The summed E-state index contributed by atoms with van der Waals surface area (Å²) in [6.07, 6.45) is 6.78. The van der Waals surface area contributed by atoms with Crippen LogP contribution in [0.25, 0.3) is 0 Å². The van der Waals surface area contributed by atoms with Crippen molar-refractivity contribution < 1.29 is 4.79 Å². The van der Waals surface area contributed by atoms with Gasteiger partial charge in [-0.25, -0.2) is 0 Å². The van der Waals surface area contributed by atoms with Crippen molar-refractivity contribution in [1.29, 1.82) is 5.26 Å². The molecule has 0 spiro atoms. The summed E-state index contributed by atoms with van der Waals surface area (Å²) in [7, 11) is 0. The molecule has 0 saturated heterocycles. The average Bonchev–Trinajstić information content (AvgIpc) is 2.97. The molecule has 82 valence electrons. The molecule has 1 amide bonds. The quantitative estimate of drug-likeness (QED) is 0.752. The minimum atomic E-state index is -0.718. The highest BCUT2D eigenvalue weighted by molar-refractivity contribution is 5.86. The van der Waals surface area contributed by atoms with Gasteiger partial charge in [0.25, 0.3) is 0 Å². The Morgan fingerprint density at radius 3 is 2.27 bits per heavy atom. The van der Waals surface area contributed by atoms with Crippen molar-refractivity contribution >= 4 is 5.91 Å². The lowest BCUT2D eigenvalue weighted by molar-refractivity contribution is -0.130. The fourth-order valence-electron chi connectivity index (χ4n) is 2.25. The Balaban J connectivity index is 2.05. The highest BCUT2D eigenvalue weighted by atomic mass is 16.2. The third-order valence-corrected chi connectivity index (χ3v) is 3.77. The summed E-state index contributed by atoms with van der Waals surface area (Å²) in [4.78, 5) is 12.1. The summed E-state index contributed by atoms with van der Waals surface area (Å²) in [5.74, 6) is -0.0234. The van der Waals surface area contributed by atoms with Crippen LogP contribution in [0.15, 0.2) is 0 Å². The fourth-order valence-corrected chi connectivity index (χ4v) is 2.25. The lowest BCUT2D eigenvalue weighted by Gasteiger charge is -2.30. The molecule has 15 heavy (non-hydrogen) atoms. The Hall–Kier alpha value is -1.04. The molecule has 0 aliphatic heterocycles. The van der Waals surface area contributed by atoms with Gasteiger partial charge in [-0.15, -0.1) is 0 Å². The van der Waals surface area contributed by atoms with Crippen molar-refractivity contribution in [2.75, 3.05) is 0 Å². The normalized spacial score (nSPS) is 26.4. The first kappa shape index (κ1) is 10.5.